The molecule has 0 aromatic carbocycles. The third kappa shape index (κ3) is 5.16. The Labute approximate surface area is 134 Å². The van der Waals surface area contributed by atoms with Crippen LogP contribution in [0.15, 0.2) is 12.1 Å². The highest BCUT2D eigenvalue weighted by atomic mass is 35.5. The van der Waals surface area contributed by atoms with E-state index in [1.165, 1.54) is 17.6 Å². The van der Waals surface area contributed by atoms with E-state index in [4.69, 9.17) is 11.6 Å². The quantitative estimate of drug-likeness (QED) is 0.907. The van der Waals surface area contributed by atoms with E-state index in [1.54, 1.807) is 11.0 Å². The number of piperidine rings is 1. The van der Waals surface area contributed by atoms with Crippen LogP contribution in [0.1, 0.15) is 24.1 Å². The number of carbonyl (C=O) groups is 1. The Morgan fingerprint density at radius 1 is 1.48 bits per heavy atom. The summed E-state index contributed by atoms with van der Waals surface area (Å²) in [6.45, 7) is 1.02. The van der Waals surface area contributed by atoms with Gasteiger partial charge in [-0.25, -0.2) is 13.2 Å². The van der Waals surface area contributed by atoms with Gasteiger partial charge >= 0.3 is 6.03 Å². The third-order valence-electron chi connectivity index (χ3n) is 3.43. The van der Waals surface area contributed by atoms with Crippen LogP contribution in [0.5, 0.6) is 0 Å². The first-order valence-corrected chi connectivity index (χ1v) is 10.1. The van der Waals surface area contributed by atoms with Crippen LogP contribution < -0.4 is 5.32 Å². The second-order valence-electron chi connectivity index (χ2n) is 5.30. The molecule has 1 unspecified atom stereocenters. The molecular formula is C13H19ClN2O3S2. The summed E-state index contributed by atoms with van der Waals surface area (Å²) in [5.74, 6) is 0.0330. The number of halogens is 1. The number of nitrogens with zero attached hydrogens (tertiary/aromatic N) is 1. The first-order chi connectivity index (χ1) is 9.85. The monoisotopic (exact) mass is 350 g/mol. The fraction of sp³-hybridized carbons (Fsp3) is 0.615. The molecule has 1 aliphatic heterocycles. The molecule has 5 nitrogen and oxygen atoms in total. The van der Waals surface area contributed by atoms with Crippen LogP contribution in [0.25, 0.3) is 0 Å². The minimum absolute atomic E-state index is 0.0330. The molecule has 2 amide bonds. The largest absolute Gasteiger partial charge is 0.333 e. The highest BCUT2D eigenvalue weighted by Crippen LogP contribution is 2.22. The van der Waals surface area contributed by atoms with Crippen molar-refractivity contribution in [2.45, 2.75) is 31.8 Å². The smallest absolute Gasteiger partial charge is 0.317 e. The SMILES string of the molecule is CS(=O)(=O)CC1CCCCN1C(=O)NCc1ccc(Cl)s1. The zero-order chi connectivity index (χ0) is 15.5. The molecule has 1 saturated heterocycles. The van der Waals surface area contributed by atoms with Gasteiger partial charge in [0, 0.05) is 23.7 Å². The van der Waals surface area contributed by atoms with Gasteiger partial charge in [0.2, 0.25) is 0 Å². The van der Waals surface area contributed by atoms with E-state index < -0.39 is 9.84 Å². The Bertz CT molecular complexity index is 600. The Hall–Kier alpha value is -0.790. The molecule has 0 aliphatic carbocycles. The number of likely N-dealkylation sites (tertiary alicyclic amines) is 1. The first-order valence-electron chi connectivity index (χ1n) is 6.81. The summed E-state index contributed by atoms with van der Waals surface area (Å²) in [4.78, 5) is 14.9. The number of hydrogen-bond acceptors (Lipinski definition) is 4. The highest BCUT2D eigenvalue weighted by Gasteiger charge is 2.29. The van der Waals surface area contributed by atoms with Crippen molar-refractivity contribution in [3.8, 4) is 0 Å². The van der Waals surface area contributed by atoms with Gasteiger partial charge < -0.3 is 10.2 Å². The van der Waals surface area contributed by atoms with Gasteiger partial charge in [0.15, 0.2) is 0 Å². The van der Waals surface area contributed by atoms with Gasteiger partial charge in [0.25, 0.3) is 0 Å². The zero-order valence-electron chi connectivity index (χ0n) is 11.8. The number of nitrogens with one attached hydrogen (secondary N) is 1. The summed E-state index contributed by atoms with van der Waals surface area (Å²) in [6, 6.07) is 3.24. The second-order valence-corrected chi connectivity index (χ2v) is 9.28. The lowest BCUT2D eigenvalue weighted by Gasteiger charge is -2.35. The molecule has 8 heteroatoms. The summed E-state index contributed by atoms with van der Waals surface area (Å²) in [6.07, 6.45) is 3.83. The van der Waals surface area contributed by atoms with Crippen LogP contribution in [-0.4, -0.2) is 43.9 Å². The zero-order valence-corrected chi connectivity index (χ0v) is 14.2. The summed E-state index contributed by atoms with van der Waals surface area (Å²) >= 11 is 7.27. The lowest BCUT2D eigenvalue weighted by Crippen LogP contribution is -2.50. The van der Waals surface area contributed by atoms with Crippen LogP contribution in [0.4, 0.5) is 4.79 Å². The van der Waals surface area contributed by atoms with Gasteiger partial charge in [0.1, 0.15) is 9.84 Å². The molecule has 0 saturated carbocycles. The van der Waals surface area contributed by atoms with Crippen LogP contribution in [-0.2, 0) is 16.4 Å². The molecule has 0 spiro atoms. The summed E-state index contributed by atoms with van der Waals surface area (Å²) < 4.78 is 23.6. The van der Waals surface area contributed by atoms with Gasteiger partial charge in [-0.05, 0) is 31.4 Å². The van der Waals surface area contributed by atoms with E-state index in [0.717, 1.165) is 24.1 Å². The standard InChI is InChI=1S/C13H19ClN2O3S2/c1-21(18,19)9-10-4-2-3-7-16(10)13(17)15-8-11-5-6-12(14)20-11/h5-6,10H,2-4,7-9H2,1H3,(H,15,17). The predicted molar refractivity (Wildman–Crippen MR) is 85.6 cm³/mol. The topological polar surface area (TPSA) is 66.5 Å². The number of sulfone groups is 1. The molecule has 1 N–H and O–H groups in total. The van der Waals surface area contributed by atoms with E-state index in [2.05, 4.69) is 5.32 Å². The van der Waals surface area contributed by atoms with Crippen molar-refractivity contribution in [2.24, 2.45) is 0 Å². The van der Waals surface area contributed by atoms with Gasteiger partial charge in [-0.15, -0.1) is 11.3 Å². The average molecular weight is 351 g/mol. The van der Waals surface area contributed by atoms with Gasteiger partial charge in [-0.1, -0.05) is 11.6 Å². The maximum absolute atomic E-state index is 12.3. The van der Waals surface area contributed by atoms with E-state index in [-0.39, 0.29) is 17.8 Å². The number of rotatable bonds is 4. The van der Waals surface area contributed by atoms with Crippen LogP contribution >= 0.6 is 22.9 Å². The lowest BCUT2D eigenvalue weighted by molar-refractivity contribution is 0.159. The van der Waals surface area contributed by atoms with Crippen molar-refractivity contribution >= 4 is 38.8 Å². The molecule has 1 aromatic rings. The molecule has 0 radical (unpaired) electrons. The molecular weight excluding hydrogens is 332 g/mol. The minimum Gasteiger partial charge on any atom is -0.333 e. The summed E-state index contributed by atoms with van der Waals surface area (Å²) in [5.41, 5.74) is 0. The van der Waals surface area contributed by atoms with Gasteiger partial charge in [-0.3, -0.25) is 0 Å². The molecule has 1 atom stereocenters. The summed E-state index contributed by atoms with van der Waals surface area (Å²) in [7, 11) is -3.09. The number of carbonyl (C=O) groups excluding carboxylic acids is 1. The Morgan fingerprint density at radius 2 is 2.24 bits per heavy atom. The Kier molecular flexibility index (Phi) is 5.51. The van der Waals surface area contributed by atoms with Gasteiger partial charge in [0.05, 0.1) is 16.6 Å². The van der Waals surface area contributed by atoms with Gasteiger partial charge in [-0.2, -0.15) is 0 Å². The van der Waals surface area contributed by atoms with Crippen LogP contribution in [0.2, 0.25) is 4.34 Å². The van der Waals surface area contributed by atoms with E-state index in [0.29, 0.717) is 17.4 Å². The number of thiophene rings is 1. The lowest BCUT2D eigenvalue weighted by atomic mass is 10.0. The highest BCUT2D eigenvalue weighted by molar-refractivity contribution is 7.90. The number of urea groups is 1. The fourth-order valence-corrected chi connectivity index (χ4v) is 4.57. The van der Waals surface area contributed by atoms with Crippen molar-refractivity contribution in [1.82, 2.24) is 10.2 Å². The molecule has 1 aromatic heterocycles. The molecule has 118 valence electrons. The average Bonchev–Trinajstić information content (AvgIpc) is 2.80. The summed E-state index contributed by atoms with van der Waals surface area (Å²) in [5, 5.41) is 2.84. The van der Waals surface area contributed by atoms with Crippen molar-refractivity contribution in [3.05, 3.63) is 21.3 Å². The van der Waals surface area contributed by atoms with E-state index >= 15 is 0 Å². The number of amides is 2. The van der Waals surface area contributed by atoms with Crippen LogP contribution in [0, 0.1) is 0 Å². The van der Waals surface area contributed by atoms with Crippen LogP contribution in [0.3, 0.4) is 0 Å². The normalized spacial score (nSPS) is 19.5. The van der Waals surface area contributed by atoms with Crippen molar-refractivity contribution in [2.75, 3.05) is 18.6 Å². The molecule has 21 heavy (non-hydrogen) atoms. The number of hydrogen-bond donors (Lipinski definition) is 1. The molecule has 1 fully saturated rings. The maximum Gasteiger partial charge on any atom is 0.317 e. The van der Waals surface area contributed by atoms with Crippen molar-refractivity contribution in [3.63, 3.8) is 0 Å². The molecule has 2 rings (SSSR count). The fourth-order valence-electron chi connectivity index (χ4n) is 2.50. The van der Waals surface area contributed by atoms with Crippen molar-refractivity contribution < 1.29 is 13.2 Å². The maximum atomic E-state index is 12.3. The minimum atomic E-state index is -3.09. The Morgan fingerprint density at radius 3 is 2.86 bits per heavy atom. The second kappa shape index (κ2) is 6.98. The molecule has 0 bridgehead atoms. The molecule has 1 aliphatic rings. The predicted octanol–water partition coefficient (Wildman–Crippen LogP) is 2.51. The Balaban J connectivity index is 1.95. The van der Waals surface area contributed by atoms with Crippen molar-refractivity contribution in [1.29, 1.82) is 0 Å². The third-order valence-corrected chi connectivity index (χ3v) is 5.65. The van der Waals surface area contributed by atoms with E-state index in [1.807, 2.05) is 6.07 Å². The molecule has 2 heterocycles. The first kappa shape index (κ1) is 16.6. The van der Waals surface area contributed by atoms with E-state index in [9.17, 15) is 13.2 Å².